The number of carbonyl (C=O) groups is 1. The van der Waals surface area contributed by atoms with Crippen molar-refractivity contribution in [3.8, 4) is 0 Å². The largest absolute Gasteiger partial charge is 0.469 e. The molecule has 1 heterocycles. The minimum absolute atomic E-state index is 0.177. The van der Waals surface area contributed by atoms with Gasteiger partial charge in [-0.2, -0.15) is 0 Å². The lowest BCUT2D eigenvalue weighted by Gasteiger charge is -2.13. The van der Waals surface area contributed by atoms with Gasteiger partial charge in [0.2, 0.25) is 0 Å². The molecule has 13 heavy (non-hydrogen) atoms. The quantitative estimate of drug-likeness (QED) is 0.657. The zero-order chi connectivity index (χ0) is 9.52. The van der Waals surface area contributed by atoms with Crippen LogP contribution in [0.15, 0.2) is 4.99 Å². The monoisotopic (exact) mass is 184 g/mol. The number of rotatable bonds is 3. The Labute approximate surface area is 78.4 Å². The summed E-state index contributed by atoms with van der Waals surface area (Å²) in [6.45, 7) is 1.55. The number of esters is 1. The van der Waals surface area contributed by atoms with Crippen molar-refractivity contribution in [2.24, 2.45) is 4.99 Å². The highest BCUT2D eigenvalue weighted by Crippen LogP contribution is 2.03. The number of hydrogen-bond donors (Lipinski definition) is 1. The molecule has 0 aromatic heterocycles. The third kappa shape index (κ3) is 3.92. The maximum Gasteiger partial charge on any atom is 0.307 e. The number of ether oxygens (including phenoxy) is 1. The van der Waals surface area contributed by atoms with Gasteiger partial charge in [0, 0.05) is 19.5 Å². The average molecular weight is 184 g/mol. The second kappa shape index (κ2) is 5.56. The summed E-state index contributed by atoms with van der Waals surface area (Å²) >= 11 is 0. The molecule has 0 aromatic rings. The van der Waals surface area contributed by atoms with Crippen LogP contribution in [0.2, 0.25) is 0 Å². The Morgan fingerprint density at radius 2 is 2.46 bits per heavy atom. The molecule has 1 aliphatic rings. The fraction of sp³-hybridized carbons (Fsp3) is 0.778. The van der Waals surface area contributed by atoms with Gasteiger partial charge in [0.25, 0.3) is 0 Å². The van der Waals surface area contributed by atoms with E-state index < -0.39 is 0 Å². The zero-order valence-corrected chi connectivity index (χ0v) is 8.01. The molecule has 1 aliphatic heterocycles. The molecule has 4 nitrogen and oxygen atoms in total. The Balaban J connectivity index is 2.11. The van der Waals surface area contributed by atoms with Gasteiger partial charge in [0.05, 0.1) is 19.4 Å². The molecule has 1 N–H and O–H groups in total. The third-order valence-electron chi connectivity index (χ3n) is 2.01. The molecule has 0 unspecified atom stereocenters. The number of carbonyl (C=O) groups excluding carboxylic acids is 1. The van der Waals surface area contributed by atoms with Crippen molar-refractivity contribution >= 4 is 11.8 Å². The van der Waals surface area contributed by atoms with E-state index in [1.165, 1.54) is 20.0 Å². The maximum absolute atomic E-state index is 10.8. The molecular formula is C9H16N2O2. The summed E-state index contributed by atoms with van der Waals surface area (Å²) in [6, 6.07) is 0. The predicted molar refractivity (Wildman–Crippen MR) is 50.8 cm³/mol. The van der Waals surface area contributed by atoms with Gasteiger partial charge in [-0.3, -0.25) is 9.79 Å². The molecule has 74 valence electrons. The normalized spacial score (nSPS) is 16.2. The van der Waals surface area contributed by atoms with Crippen LogP contribution in [0, 0.1) is 0 Å². The van der Waals surface area contributed by atoms with Crippen LogP contribution in [0.25, 0.3) is 0 Å². The van der Waals surface area contributed by atoms with E-state index in [0.29, 0.717) is 13.0 Å². The van der Waals surface area contributed by atoms with E-state index in [4.69, 9.17) is 0 Å². The van der Waals surface area contributed by atoms with Crippen LogP contribution in [-0.4, -0.2) is 32.0 Å². The van der Waals surface area contributed by atoms with Gasteiger partial charge < -0.3 is 10.1 Å². The third-order valence-corrected chi connectivity index (χ3v) is 2.01. The molecule has 4 heteroatoms. The number of amidine groups is 1. The molecular weight excluding hydrogens is 168 g/mol. The van der Waals surface area contributed by atoms with Gasteiger partial charge in [-0.25, -0.2) is 0 Å². The van der Waals surface area contributed by atoms with Crippen LogP contribution in [0.3, 0.4) is 0 Å². The van der Waals surface area contributed by atoms with Crippen molar-refractivity contribution in [1.29, 1.82) is 0 Å². The van der Waals surface area contributed by atoms with Crippen LogP contribution >= 0.6 is 0 Å². The van der Waals surface area contributed by atoms with Crippen molar-refractivity contribution in [3.63, 3.8) is 0 Å². The molecule has 0 atom stereocenters. The summed E-state index contributed by atoms with van der Waals surface area (Å²) in [5, 5.41) is 3.14. The highest BCUT2D eigenvalue weighted by atomic mass is 16.5. The average Bonchev–Trinajstić information content (AvgIpc) is 2.19. The van der Waals surface area contributed by atoms with Crippen molar-refractivity contribution in [3.05, 3.63) is 0 Å². The second-order valence-corrected chi connectivity index (χ2v) is 3.04. The topological polar surface area (TPSA) is 50.7 Å². The Kier molecular flexibility index (Phi) is 4.29. The lowest BCUT2D eigenvalue weighted by atomic mass is 10.2. The Morgan fingerprint density at radius 1 is 1.62 bits per heavy atom. The molecule has 0 saturated heterocycles. The first kappa shape index (κ1) is 10.0. The molecule has 0 aromatic carbocycles. The molecule has 0 aliphatic carbocycles. The van der Waals surface area contributed by atoms with Crippen molar-refractivity contribution < 1.29 is 9.53 Å². The molecule has 0 amide bonds. The number of aliphatic imine (C=N–C) groups is 1. The Morgan fingerprint density at radius 3 is 3.08 bits per heavy atom. The molecule has 0 fully saturated rings. The lowest BCUT2D eigenvalue weighted by molar-refractivity contribution is -0.140. The smallest absolute Gasteiger partial charge is 0.307 e. The second-order valence-electron chi connectivity index (χ2n) is 3.04. The van der Waals surface area contributed by atoms with E-state index in [0.717, 1.165) is 18.8 Å². The van der Waals surface area contributed by atoms with Gasteiger partial charge in [0.15, 0.2) is 0 Å². The Hall–Kier alpha value is -1.06. The summed E-state index contributed by atoms with van der Waals surface area (Å²) in [6.07, 6.45) is 3.81. The van der Waals surface area contributed by atoms with E-state index in [2.05, 4.69) is 15.0 Å². The van der Waals surface area contributed by atoms with Crippen molar-refractivity contribution in [1.82, 2.24) is 5.32 Å². The van der Waals surface area contributed by atoms with Crippen LogP contribution < -0.4 is 5.32 Å². The van der Waals surface area contributed by atoms with Gasteiger partial charge in [-0.15, -0.1) is 0 Å². The van der Waals surface area contributed by atoms with E-state index in [9.17, 15) is 4.79 Å². The minimum atomic E-state index is -0.177. The van der Waals surface area contributed by atoms with Gasteiger partial charge in [-0.1, -0.05) is 0 Å². The summed E-state index contributed by atoms with van der Waals surface area (Å²) in [5.41, 5.74) is 0. The van der Waals surface area contributed by atoms with Gasteiger partial charge in [0.1, 0.15) is 0 Å². The SMILES string of the molecule is COC(=O)CCNC1=NCCCC1. The van der Waals surface area contributed by atoms with Crippen molar-refractivity contribution in [2.45, 2.75) is 25.7 Å². The summed E-state index contributed by atoms with van der Waals surface area (Å²) < 4.78 is 4.52. The maximum atomic E-state index is 10.8. The number of hydrogen-bond acceptors (Lipinski definition) is 4. The molecule has 0 bridgehead atoms. The summed E-state index contributed by atoms with van der Waals surface area (Å²) in [5.74, 6) is 0.860. The van der Waals surface area contributed by atoms with Crippen LogP contribution in [-0.2, 0) is 9.53 Å². The summed E-state index contributed by atoms with van der Waals surface area (Å²) in [4.78, 5) is 15.1. The van der Waals surface area contributed by atoms with Crippen LogP contribution in [0.4, 0.5) is 0 Å². The van der Waals surface area contributed by atoms with Crippen LogP contribution in [0.5, 0.6) is 0 Å². The molecule has 0 saturated carbocycles. The first-order chi connectivity index (χ1) is 6.33. The molecule has 1 rings (SSSR count). The number of methoxy groups -OCH3 is 1. The first-order valence-electron chi connectivity index (χ1n) is 4.67. The fourth-order valence-electron chi connectivity index (χ4n) is 1.25. The fourth-order valence-corrected chi connectivity index (χ4v) is 1.25. The lowest BCUT2D eigenvalue weighted by Crippen LogP contribution is -2.28. The number of nitrogens with one attached hydrogen (secondary N) is 1. The highest BCUT2D eigenvalue weighted by Gasteiger charge is 2.05. The van der Waals surface area contributed by atoms with Crippen LogP contribution in [0.1, 0.15) is 25.7 Å². The summed E-state index contributed by atoms with van der Waals surface area (Å²) in [7, 11) is 1.40. The predicted octanol–water partition coefficient (Wildman–Crippen LogP) is 0.721. The highest BCUT2D eigenvalue weighted by molar-refractivity contribution is 5.83. The first-order valence-corrected chi connectivity index (χ1v) is 4.67. The van der Waals surface area contributed by atoms with E-state index >= 15 is 0 Å². The number of nitrogens with zero attached hydrogens (tertiary/aromatic N) is 1. The van der Waals surface area contributed by atoms with E-state index in [-0.39, 0.29) is 5.97 Å². The minimum Gasteiger partial charge on any atom is -0.469 e. The molecule has 0 radical (unpaired) electrons. The zero-order valence-electron chi connectivity index (χ0n) is 8.01. The Bertz CT molecular complexity index is 202. The molecule has 0 spiro atoms. The van der Waals surface area contributed by atoms with E-state index in [1.54, 1.807) is 0 Å². The van der Waals surface area contributed by atoms with Crippen molar-refractivity contribution in [2.75, 3.05) is 20.2 Å². The van der Waals surface area contributed by atoms with Gasteiger partial charge >= 0.3 is 5.97 Å². The standard InChI is InChI=1S/C9H16N2O2/c1-13-9(12)5-7-11-8-4-2-3-6-10-8/h2-7H2,1H3,(H,10,11). The van der Waals surface area contributed by atoms with Gasteiger partial charge in [-0.05, 0) is 12.8 Å². The van der Waals surface area contributed by atoms with E-state index in [1.807, 2.05) is 0 Å².